The van der Waals surface area contributed by atoms with Crippen LogP contribution in [0.25, 0.3) is 22.6 Å². The lowest BCUT2D eigenvalue weighted by atomic mass is 10.1. The SMILES string of the molecule is Cc1ccc(-c2cc(=NO)cc(-c3ccccc3)o2)cc1. The summed E-state index contributed by atoms with van der Waals surface area (Å²) >= 11 is 0. The van der Waals surface area contributed by atoms with Gasteiger partial charge in [-0.15, -0.1) is 0 Å². The maximum Gasteiger partial charge on any atom is 0.136 e. The van der Waals surface area contributed by atoms with Crippen LogP contribution in [0.1, 0.15) is 5.56 Å². The van der Waals surface area contributed by atoms with Crippen LogP contribution in [0.3, 0.4) is 0 Å². The Bertz CT molecular complexity index is 803. The Labute approximate surface area is 122 Å². The minimum Gasteiger partial charge on any atom is -0.456 e. The number of nitrogens with zero attached hydrogens (tertiary/aromatic N) is 1. The largest absolute Gasteiger partial charge is 0.456 e. The fourth-order valence-corrected chi connectivity index (χ4v) is 2.15. The fraction of sp³-hybridized carbons (Fsp3) is 0.0556. The van der Waals surface area contributed by atoms with Crippen LogP contribution >= 0.6 is 0 Å². The molecule has 1 heterocycles. The predicted molar refractivity (Wildman–Crippen MR) is 81.7 cm³/mol. The van der Waals surface area contributed by atoms with E-state index in [9.17, 15) is 0 Å². The van der Waals surface area contributed by atoms with Gasteiger partial charge in [0, 0.05) is 23.3 Å². The fourth-order valence-electron chi connectivity index (χ4n) is 2.15. The van der Waals surface area contributed by atoms with E-state index in [4.69, 9.17) is 9.62 Å². The minimum atomic E-state index is 0.468. The molecule has 0 saturated heterocycles. The summed E-state index contributed by atoms with van der Waals surface area (Å²) in [4.78, 5) is 0. The molecule has 3 aromatic rings. The molecule has 2 aromatic carbocycles. The summed E-state index contributed by atoms with van der Waals surface area (Å²) in [6.45, 7) is 2.04. The standard InChI is InChI=1S/C18H15NO2/c1-13-7-9-15(10-8-13)18-12-16(19-20)11-17(21-18)14-5-3-2-4-6-14/h2-12,20H,1H3. The highest BCUT2D eigenvalue weighted by atomic mass is 16.4. The highest BCUT2D eigenvalue weighted by molar-refractivity contribution is 5.62. The van der Waals surface area contributed by atoms with Gasteiger partial charge in [0.1, 0.15) is 16.9 Å². The molecule has 0 amide bonds. The normalized spacial score (nSPS) is 11.6. The lowest BCUT2D eigenvalue weighted by Gasteiger charge is -2.06. The van der Waals surface area contributed by atoms with Crippen molar-refractivity contribution < 1.29 is 9.62 Å². The van der Waals surface area contributed by atoms with E-state index in [1.807, 2.05) is 61.5 Å². The molecule has 0 radical (unpaired) electrons. The monoisotopic (exact) mass is 277 g/mol. The van der Waals surface area contributed by atoms with Gasteiger partial charge < -0.3 is 9.62 Å². The molecule has 0 fully saturated rings. The zero-order valence-electron chi connectivity index (χ0n) is 11.7. The van der Waals surface area contributed by atoms with Crippen LogP contribution in [-0.2, 0) is 0 Å². The molecule has 3 heteroatoms. The van der Waals surface area contributed by atoms with Gasteiger partial charge in [0.15, 0.2) is 0 Å². The zero-order valence-corrected chi connectivity index (χ0v) is 11.7. The molecule has 104 valence electrons. The molecule has 0 aliphatic carbocycles. The highest BCUT2D eigenvalue weighted by Crippen LogP contribution is 2.24. The van der Waals surface area contributed by atoms with Gasteiger partial charge >= 0.3 is 0 Å². The summed E-state index contributed by atoms with van der Waals surface area (Å²) in [7, 11) is 0. The van der Waals surface area contributed by atoms with Crippen molar-refractivity contribution in [1.29, 1.82) is 0 Å². The maximum atomic E-state index is 9.11. The Morgan fingerprint density at radius 3 is 1.95 bits per heavy atom. The van der Waals surface area contributed by atoms with Crippen molar-refractivity contribution in [3.05, 3.63) is 77.7 Å². The van der Waals surface area contributed by atoms with Crippen LogP contribution in [0.4, 0.5) is 0 Å². The zero-order chi connectivity index (χ0) is 14.7. The van der Waals surface area contributed by atoms with E-state index in [1.165, 1.54) is 5.56 Å². The Kier molecular flexibility index (Phi) is 3.56. The topological polar surface area (TPSA) is 45.7 Å². The van der Waals surface area contributed by atoms with E-state index in [-0.39, 0.29) is 0 Å². The number of aryl methyl sites for hydroxylation is 1. The smallest absolute Gasteiger partial charge is 0.136 e. The summed E-state index contributed by atoms with van der Waals surface area (Å²) in [5.74, 6) is 1.34. The van der Waals surface area contributed by atoms with Crippen molar-refractivity contribution in [1.82, 2.24) is 0 Å². The summed E-state index contributed by atoms with van der Waals surface area (Å²) in [6, 6.07) is 21.2. The highest BCUT2D eigenvalue weighted by Gasteiger charge is 2.06. The molecule has 0 spiro atoms. The molecule has 0 atom stereocenters. The molecule has 0 unspecified atom stereocenters. The van der Waals surface area contributed by atoms with E-state index in [2.05, 4.69) is 5.16 Å². The summed E-state index contributed by atoms with van der Waals surface area (Å²) < 4.78 is 5.96. The first kappa shape index (κ1) is 13.2. The van der Waals surface area contributed by atoms with Crippen LogP contribution < -0.4 is 5.36 Å². The number of benzene rings is 2. The summed E-state index contributed by atoms with van der Waals surface area (Å²) in [5.41, 5.74) is 3.07. The van der Waals surface area contributed by atoms with Crippen LogP contribution in [-0.4, -0.2) is 5.21 Å². The molecule has 1 N–H and O–H groups in total. The summed E-state index contributed by atoms with van der Waals surface area (Å²) in [5, 5.41) is 12.9. The van der Waals surface area contributed by atoms with E-state index in [0.717, 1.165) is 11.1 Å². The van der Waals surface area contributed by atoms with Crippen molar-refractivity contribution in [3.8, 4) is 22.6 Å². The molecule has 1 aromatic heterocycles. The predicted octanol–water partition coefficient (Wildman–Crippen LogP) is 4.21. The first-order chi connectivity index (χ1) is 10.3. The van der Waals surface area contributed by atoms with Crippen LogP contribution in [0.5, 0.6) is 0 Å². The Morgan fingerprint density at radius 1 is 0.810 bits per heavy atom. The van der Waals surface area contributed by atoms with Crippen molar-refractivity contribution in [2.24, 2.45) is 5.16 Å². The van der Waals surface area contributed by atoms with E-state index in [1.54, 1.807) is 12.1 Å². The maximum absolute atomic E-state index is 9.11. The Hall–Kier alpha value is -2.81. The van der Waals surface area contributed by atoms with Crippen molar-refractivity contribution >= 4 is 0 Å². The first-order valence-corrected chi connectivity index (χ1v) is 6.72. The van der Waals surface area contributed by atoms with Crippen molar-refractivity contribution in [3.63, 3.8) is 0 Å². The average molecular weight is 277 g/mol. The molecule has 0 saturated carbocycles. The molecular formula is C18H15NO2. The van der Waals surface area contributed by atoms with Crippen molar-refractivity contribution in [2.75, 3.05) is 0 Å². The van der Waals surface area contributed by atoms with Crippen LogP contribution in [0.15, 0.2) is 76.3 Å². The Balaban J connectivity index is 2.16. The summed E-state index contributed by atoms with van der Waals surface area (Å²) in [6.07, 6.45) is 0. The molecule has 3 rings (SSSR count). The van der Waals surface area contributed by atoms with Gasteiger partial charge in [0.2, 0.25) is 0 Å². The molecule has 21 heavy (non-hydrogen) atoms. The minimum absolute atomic E-state index is 0.468. The van der Waals surface area contributed by atoms with E-state index >= 15 is 0 Å². The molecule has 3 nitrogen and oxygen atoms in total. The van der Waals surface area contributed by atoms with E-state index < -0.39 is 0 Å². The quantitative estimate of drug-likeness (QED) is 0.563. The lowest BCUT2D eigenvalue weighted by molar-refractivity contribution is 0.301. The van der Waals surface area contributed by atoms with E-state index in [0.29, 0.717) is 16.9 Å². The molecule has 0 bridgehead atoms. The van der Waals surface area contributed by atoms with Gasteiger partial charge in [-0.2, -0.15) is 0 Å². The van der Waals surface area contributed by atoms with Gasteiger partial charge in [-0.05, 0) is 6.92 Å². The first-order valence-electron chi connectivity index (χ1n) is 6.72. The van der Waals surface area contributed by atoms with Crippen molar-refractivity contribution in [2.45, 2.75) is 6.92 Å². The second-order valence-corrected chi connectivity index (χ2v) is 4.88. The van der Waals surface area contributed by atoms with Gasteiger partial charge in [-0.3, -0.25) is 0 Å². The average Bonchev–Trinajstić information content (AvgIpc) is 2.56. The number of hydrogen-bond acceptors (Lipinski definition) is 3. The third kappa shape index (κ3) is 2.87. The molecule has 0 aliphatic heterocycles. The van der Waals surface area contributed by atoms with Gasteiger partial charge in [0.05, 0.1) is 0 Å². The molecule has 0 aliphatic rings. The third-order valence-electron chi connectivity index (χ3n) is 3.29. The lowest BCUT2D eigenvalue weighted by Crippen LogP contribution is -2.01. The second-order valence-electron chi connectivity index (χ2n) is 4.88. The van der Waals surface area contributed by atoms with Gasteiger partial charge in [-0.25, -0.2) is 0 Å². The van der Waals surface area contributed by atoms with Crippen LogP contribution in [0.2, 0.25) is 0 Å². The number of hydrogen-bond donors (Lipinski definition) is 1. The molecular weight excluding hydrogens is 262 g/mol. The second kappa shape index (κ2) is 5.67. The van der Waals surface area contributed by atoms with Crippen LogP contribution in [0, 0.1) is 6.92 Å². The van der Waals surface area contributed by atoms with Gasteiger partial charge in [-0.1, -0.05) is 65.3 Å². The van der Waals surface area contributed by atoms with Gasteiger partial charge in [0.25, 0.3) is 0 Å². The Morgan fingerprint density at radius 2 is 1.38 bits per heavy atom. The third-order valence-corrected chi connectivity index (χ3v) is 3.29. The number of rotatable bonds is 2.